The minimum atomic E-state index is -0.856. The van der Waals surface area contributed by atoms with E-state index in [9.17, 15) is 4.79 Å². The molecule has 1 fully saturated rings. The first-order valence-corrected chi connectivity index (χ1v) is 5.67. The average molecular weight is 211 g/mol. The quantitative estimate of drug-likeness (QED) is 0.724. The number of hydrogen-bond donors (Lipinski definition) is 1. The zero-order valence-corrected chi connectivity index (χ0v) is 9.70. The van der Waals surface area contributed by atoms with E-state index >= 15 is 0 Å². The van der Waals surface area contributed by atoms with Crippen molar-refractivity contribution in [3.8, 4) is 0 Å². The van der Waals surface area contributed by atoms with Crippen molar-refractivity contribution in [2.24, 2.45) is 5.41 Å². The number of rotatable bonds is 4. The molecule has 0 radical (unpaired) electrons. The lowest BCUT2D eigenvalue weighted by Crippen LogP contribution is -2.38. The van der Waals surface area contributed by atoms with Crippen molar-refractivity contribution in [2.75, 3.05) is 19.6 Å². The number of carboxylic acids is 1. The topological polar surface area (TPSA) is 40.5 Å². The third-order valence-corrected chi connectivity index (χ3v) is 3.54. The largest absolute Gasteiger partial charge is 0.478 e. The normalized spacial score (nSPS) is 22.0. The second-order valence-electron chi connectivity index (χ2n) is 4.71. The van der Waals surface area contributed by atoms with Gasteiger partial charge in [0.25, 0.3) is 0 Å². The Morgan fingerprint density at radius 3 is 2.53 bits per heavy atom. The summed E-state index contributed by atoms with van der Waals surface area (Å²) in [4.78, 5) is 12.6. The molecule has 0 saturated carbocycles. The van der Waals surface area contributed by atoms with E-state index < -0.39 is 5.97 Å². The van der Waals surface area contributed by atoms with E-state index in [4.69, 9.17) is 5.11 Å². The Hall–Kier alpha value is -0.830. The van der Waals surface area contributed by atoms with Gasteiger partial charge in [-0.15, -0.1) is 0 Å². The molecular formula is C12H21NO2. The van der Waals surface area contributed by atoms with Crippen molar-refractivity contribution in [3.05, 3.63) is 12.2 Å². The van der Waals surface area contributed by atoms with Crippen LogP contribution in [0.5, 0.6) is 0 Å². The number of hydrogen-bond acceptors (Lipinski definition) is 2. The molecule has 86 valence electrons. The Kier molecular flexibility index (Phi) is 4.33. The van der Waals surface area contributed by atoms with Gasteiger partial charge >= 0.3 is 5.97 Å². The van der Waals surface area contributed by atoms with Gasteiger partial charge in [-0.1, -0.05) is 26.3 Å². The van der Waals surface area contributed by atoms with E-state index in [1.807, 2.05) is 0 Å². The molecule has 1 N–H and O–H groups in total. The van der Waals surface area contributed by atoms with E-state index in [0.717, 1.165) is 19.6 Å². The second-order valence-corrected chi connectivity index (χ2v) is 4.71. The van der Waals surface area contributed by atoms with Crippen molar-refractivity contribution in [1.82, 2.24) is 4.90 Å². The number of carboxylic acid groups (broad SMARTS) is 1. The van der Waals surface area contributed by atoms with Gasteiger partial charge in [-0.25, -0.2) is 4.79 Å². The van der Waals surface area contributed by atoms with Crippen LogP contribution in [-0.2, 0) is 4.79 Å². The minimum absolute atomic E-state index is 0.507. The summed E-state index contributed by atoms with van der Waals surface area (Å²) in [6.07, 6.45) is 6.66. The Bertz CT molecular complexity index is 240. The monoisotopic (exact) mass is 211 g/mol. The van der Waals surface area contributed by atoms with E-state index in [-0.39, 0.29) is 0 Å². The first kappa shape index (κ1) is 12.2. The smallest absolute Gasteiger partial charge is 0.328 e. The first-order chi connectivity index (χ1) is 7.06. The van der Waals surface area contributed by atoms with Gasteiger partial charge in [-0.2, -0.15) is 0 Å². The van der Waals surface area contributed by atoms with Crippen LogP contribution in [0.2, 0.25) is 0 Å². The highest BCUT2D eigenvalue weighted by atomic mass is 16.4. The maximum atomic E-state index is 10.3. The molecule has 3 nitrogen and oxygen atoms in total. The van der Waals surface area contributed by atoms with Crippen LogP contribution in [0.3, 0.4) is 0 Å². The third kappa shape index (κ3) is 4.04. The summed E-state index contributed by atoms with van der Waals surface area (Å²) in [6, 6.07) is 0. The molecule has 0 unspecified atom stereocenters. The van der Waals surface area contributed by atoms with Crippen molar-refractivity contribution in [3.63, 3.8) is 0 Å². The Balaban J connectivity index is 2.29. The molecule has 15 heavy (non-hydrogen) atoms. The molecule has 0 spiro atoms. The van der Waals surface area contributed by atoms with Gasteiger partial charge in [0.05, 0.1) is 0 Å². The highest BCUT2D eigenvalue weighted by molar-refractivity contribution is 5.79. The molecule has 0 aliphatic carbocycles. The van der Waals surface area contributed by atoms with Crippen LogP contribution in [0.1, 0.15) is 33.1 Å². The number of aliphatic carboxylic acids is 1. The van der Waals surface area contributed by atoms with Gasteiger partial charge < -0.3 is 5.11 Å². The maximum absolute atomic E-state index is 10.3. The van der Waals surface area contributed by atoms with Crippen molar-refractivity contribution in [1.29, 1.82) is 0 Å². The summed E-state index contributed by atoms with van der Waals surface area (Å²) in [5, 5.41) is 8.46. The molecule has 1 saturated heterocycles. The molecule has 0 aromatic heterocycles. The standard InChI is InChI=1S/C12H21NO2/c1-3-12(2)6-9-13(10-7-12)8-4-5-11(14)15/h4-5H,3,6-10H2,1-2H3,(H,14,15)/b5-4+. The lowest BCUT2D eigenvalue weighted by molar-refractivity contribution is -0.131. The zero-order valence-electron chi connectivity index (χ0n) is 9.70. The molecule has 3 heteroatoms. The molecule has 0 amide bonds. The Morgan fingerprint density at radius 1 is 1.47 bits per heavy atom. The number of carbonyl (C=O) groups is 1. The molecule has 1 heterocycles. The molecule has 0 bridgehead atoms. The van der Waals surface area contributed by atoms with Crippen molar-refractivity contribution >= 4 is 5.97 Å². The number of nitrogens with zero attached hydrogens (tertiary/aromatic N) is 1. The molecule has 1 aliphatic heterocycles. The lowest BCUT2D eigenvalue weighted by Gasteiger charge is -2.38. The fourth-order valence-electron chi connectivity index (χ4n) is 1.93. The van der Waals surface area contributed by atoms with Gasteiger partial charge in [-0.3, -0.25) is 4.90 Å². The van der Waals surface area contributed by atoms with Gasteiger partial charge in [0.2, 0.25) is 0 Å². The Labute approximate surface area is 91.8 Å². The van der Waals surface area contributed by atoms with Crippen LogP contribution >= 0.6 is 0 Å². The summed E-state index contributed by atoms with van der Waals surface area (Å²) < 4.78 is 0. The van der Waals surface area contributed by atoms with Gasteiger partial charge in [0.1, 0.15) is 0 Å². The van der Waals surface area contributed by atoms with E-state index in [1.54, 1.807) is 6.08 Å². The van der Waals surface area contributed by atoms with Gasteiger partial charge in [-0.05, 0) is 31.3 Å². The van der Waals surface area contributed by atoms with Crippen LogP contribution in [-0.4, -0.2) is 35.6 Å². The predicted octanol–water partition coefficient (Wildman–Crippen LogP) is 2.14. The summed E-state index contributed by atoms with van der Waals surface area (Å²) in [5.74, 6) is -0.856. The number of piperidine rings is 1. The van der Waals surface area contributed by atoms with Crippen LogP contribution in [0, 0.1) is 5.41 Å². The van der Waals surface area contributed by atoms with Crippen LogP contribution in [0.4, 0.5) is 0 Å². The van der Waals surface area contributed by atoms with Gasteiger partial charge in [0.15, 0.2) is 0 Å². The van der Waals surface area contributed by atoms with E-state index in [1.165, 1.54) is 25.3 Å². The van der Waals surface area contributed by atoms with E-state index in [2.05, 4.69) is 18.7 Å². The maximum Gasteiger partial charge on any atom is 0.328 e. The average Bonchev–Trinajstić information content (AvgIpc) is 2.21. The minimum Gasteiger partial charge on any atom is -0.478 e. The zero-order chi connectivity index (χ0) is 11.3. The van der Waals surface area contributed by atoms with Crippen LogP contribution in [0.25, 0.3) is 0 Å². The summed E-state index contributed by atoms with van der Waals surface area (Å²) in [5.41, 5.74) is 0.507. The third-order valence-electron chi connectivity index (χ3n) is 3.54. The summed E-state index contributed by atoms with van der Waals surface area (Å²) in [6.45, 7) is 7.55. The second kappa shape index (κ2) is 5.31. The number of likely N-dealkylation sites (tertiary alicyclic amines) is 1. The van der Waals surface area contributed by atoms with Crippen molar-refractivity contribution < 1.29 is 9.90 Å². The van der Waals surface area contributed by atoms with Crippen LogP contribution < -0.4 is 0 Å². The predicted molar refractivity (Wildman–Crippen MR) is 60.8 cm³/mol. The molecule has 1 rings (SSSR count). The molecule has 0 aromatic carbocycles. The SMILES string of the molecule is CCC1(C)CCN(C/C=C/C(=O)O)CC1. The highest BCUT2D eigenvalue weighted by Gasteiger charge is 2.27. The molecule has 1 aliphatic rings. The highest BCUT2D eigenvalue weighted by Crippen LogP contribution is 2.33. The summed E-state index contributed by atoms with van der Waals surface area (Å²) in [7, 11) is 0. The molecular weight excluding hydrogens is 190 g/mol. The fraction of sp³-hybridized carbons (Fsp3) is 0.750. The summed E-state index contributed by atoms with van der Waals surface area (Å²) >= 11 is 0. The van der Waals surface area contributed by atoms with E-state index in [0.29, 0.717) is 5.41 Å². The fourth-order valence-corrected chi connectivity index (χ4v) is 1.93. The van der Waals surface area contributed by atoms with Crippen LogP contribution in [0.15, 0.2) is 12.2 Å². The Morgan fingerprint density at radius 2 is 2.07 bits per heavy atom. The van der Waals surface area contributed by atoms with Gasteiger partial charge in [0, 0.05) is 12.6 Å². The molecule has 0 aromatic rings. The molecule has 0 atom stereocenters. The van der Waals surface area contributed by atoms with Crippen molar-refractivity contribution in [2.45, 2.75) is 33.1 Å². The first-order valence-electron chi connectivity index (χ1n) is 5.67. The lowest BCUT2D eigenvalue weighted by atomic mass is 9.78.